The Morgan fingerprint density at radius 2 is 1.50 bits per heavy atom. The van der Waals surface area contributed by atoms with E-state index in [0.717, 1.165) is 19.3 Å². The van der Waals surface area contributed by atoms with Crippen LogP contribution in [0.3, 0.4) is 0 Å². The van der Waals surface area contributed by atoms with Crippen LogP contribution < -0.4 is 0 Å². The molecule has 202 valence electrons. The zero-order valence-electron chi connectivity index (χ0n) is 21.9. The van der Waals surface area contributed by atoms with Gasteiger partial charge in [0.25, 0.3) is 0 Å². The lowest BCUT2D eigenvalue weighted by Crippen LogP contribution is -2.20. The van der Waals surface area contributed by atoms with Crippen LogP contribution in [0.2, 0.25) is 0 Å². The smallest absolute Gasteiger partial charge is 0.167 e. The molecule has 1 aliphatic carbocycles. The first-order chi connectivity index (χ1) is 18.3. The molecule has 0 aromatic heterocycles. The van der Waals surface area contributed by atoms with E-state index in [9.17, 15) is 8.78 Å². The van der Waals surface area contributed by atoms with Gasteiger partial charge < -0.3 is 4.74 Å². The molecular weight excluding hydrogens is 495 g/mol. The van der Waals surface area contributed by atoms with Gasteiger partial charge >= 0.3 is 0 Å². The lowest BCUT2D eigenvalue weighted by Gasteiger charge is -2.29. The second-order valence-corrected chi connectivity index (χ2v) is 10.7. The predicted molar refractivity (Wildman–Crippen MR) is 139 cm³/mol. The number of fused-ring (bicyclic) bond motifs is 3. The second-order valence-electron chi connectivity index (χ2n) is 10.7. The fourth-order valence-corrected chi connectivity index (χ4v) is 6.02. The first-order valence-electron chi connectivity index (χ1n) is 13.8. The van der Waals surface area contributed by atoms with Crippen LogP contribution in [0.1, 0.15) is 87.2 Å². The molecule has 0 amide bonds. The van der Waals surface area contributed by atoms with Crippen molar-refractivity contribution in [2.45, 2.75) is 77.7 Å². The van der Waals surface area contributed by atoms with Gasteiger partial charge in [-0.1, -0.05) is 57.7 Å². The van der Waals surface area contributed by atoms with Crippen molar-refractivity contribution in [2.24, 2.45) is 5.92 Å². The molecule has 3 aromatic carbocycles. The monoisotopic (exact) mass is 528 g/mol. The average Bonchev–Trinajstić information content (AvgIpc) is 3.28. The highest BCUT2D eigenvalue weighted by Gasteiger charge is 2.32. The molecule has 2 aliphatic rings. The summed E-state index contributed by atoms with van der Waals surface area (Å²) in [7, 11) is 0. The van der Waals surface area contributed by atoms with E-state index in [1.807, 2.05) is 6.92 Å². The van der Waals surface area contributed by atoms with Crippen LogP contribution in [0.5, 0.6) is 0 Å². The average molecular weight is 529 g/mol. The minimum atomic E-state index is -1.29. The third kappa shape index (κ3) is 4.88. The number of hydrogen-bond acceptors (Lipinski definition) is 1. The van der Waals surface area contributed by atoms with Crippen LogP contribution in [0.15, 0.2) is 30.3 Å². The third-order valence-electron chi connectivity index (χ3n) is 8.04. The molecule has 0 radical (unpaired) electrons. The highest BCUT2D eigenvalue weighted by Crippen LogP contribution is 2.45. The summed E-state index contributed by atoms with van der Waals surface area (Å²) in [5, 5.41) is 0. The van der Waals surface area contributed by atoms with Gasteiger partial charge in [0.05, 0.1) is 12.7 Å². The highest BCUT2D eigenvalue weighted by molar-refractivity contribution is 5.82. The van der Waals surface area contributed by atoms with Gasteiger partial charge in [-0.15, -0.1) is 0 Å². The van der Waals surface area contributed by atoms with Crippen molar-refractivity contribution in [3.05, 3.63) is 81.7 Å². The summed E-state index contributed by atoms with van der Waals surface area (Å²) in [4.78, 5) is 0. The van der Waals surface area contributed by atoms with E-state index in [-0.39, 0.29) is 40.3 Å². The molecule has 1 aliphatic heterocycles. The molecule has 0 N–H and O–H groups in total. The molecule has 0 bridgehead atoms. The summed E-state index contributed by atoms with van der Waals surface area (Å²) >= 11 is 0. The molecule has 0 saturated carbocycles. The molecular formula is C32H33F5O. The lowest BCUT2D eigenvalue weighted by molar-refractivity contribution is -0.0200. The van der Waals surface area contributed by atoms with Crippen LogP contribution in [0, 0.1) is 35.0 Å². The van der Waals surface area contributed by atoms with E-state index in [1.165, 1.54) is 43.5 Å². The van der Waals surface area contributed by atoms with E-state index in [2.05, 4.69) is 6.92 Å². The van der Waals surface area contributed by atoms with Gasteiger partial charge in [-0.3, -0.25) is 0 Å². The number of benzene rings is 3. The highest BCUT2D eigenvalue weighted by atomic mass is 19.2. The summed E-state index contributed by atoms with van der Waals surface area (Å²) in [5.74, 6) is -4.90. The summed E-state index contributed by atoms with van der Waals surface area (Å²) in [6.45, 7) is 4.67. The summed E-state index contributed by atoms with van der Waals surface area (Å²) in [6, 6.07) is 7.38. The van der Waals surface area contributed by atoms with E-state index in [1.54, 1.807) is 6.07 Å². The van der Waals surface area contributed by atoms with Crippen molar-refractivity contribution in [2.75, 3.05) is 6.61 Å². The molecule has 2 atom stereocenters. The Morgan fingerprint density at radius 3 is 2.16 bits per heavy atom. The van der Waals surface area contributed by atoms with Crippen molar-refractivity contribution in [1.82, 2.24) is 0 Å². The first-order valence-corrected chi connectivity index (χ1v) is 13.8. The molecule has 0 spiro atoms. The summed E-state index contributed by atoms with van der Waals surface area (Å²) < 4.78 is 81.5. The Balaban J connectivity index is 1.41. The molecule has 1 nitrogen and oxygen atoms in total. The number of ether oxygens (including phenoxy) is 1. The summed E-state index contributed by atoms with van der Waals surface area (Å²) in [5.41, 5.74) is 0.805. The molecule has 38 heavy (non-hydrogen) atoms. The Labute approximate surface area is 221 Å². The molecule has 5 rings (SSSR count). The first kappa shape index (κ1) is 26.9. The van der Waals surface area contributed by atoms with Gasteiger partial charge in [0.1, 0.15) is 5.82 Å². The quantitative estimate of drug-likeness (QED) is 0.163. The van der Waals surface area contributed by atoms with E-state index < -0.39 is 29.1 Å². The van der Waals surface area contributed by atoms with Crippen LogP contribution in [0.25, 0.3) is 22.3 Å². The van der Waals surface area contributed by atoms with E-state index in [0.29, 0.717) is 42.1 Å². The molecule has 3 aromatic rings. The van der Waals surface area contributed by atoms with Crippen molar-refractivity contribution in [1.29, 1.82) is 0 Å². The molecule has 1 fully saturated rings. The zero-order chi connectivity index (χ0) is 27.0. The zero-order valence-corrected chi connectivity index (χ0v) is 21.9. The van der Waals surface area contributed by atoms with Gasteiger partial charge in [0.2, 0.25) is 0 Å². The molecule has 2 unspecified atom stereocenters. The summed E-state index contributed by atoms with van der Waals surface area (Å²) in [6.07, 6.45) is 7.38. The van der Waals surface area contributed by atoms with Gasteiger partial charge in [-0.25, -0.2) is 22.0 Å². The fourth-order valence-electron chi connectivity index (χ4n) is 6.02. The third-order valence-corrected chi connectivity index (χ3v) is 8.04. The van der Waals surface area contributed by atoms with Crippen molar-refractivity contribution in [3.8, 4) is 22.3 Å². The predicted octanol–water partition coefficient (Wildman–Crippen LogP) is 9.62. The Bertz CT molecular complexity index is 1340. The topological polar surface area (TPSA) is 9.23 Å². The minimum absolute atomic E-state index is 0.0736. The van der Waals surface area contributed by atoms with Crippen LogP contribution >= 0.6 is 0 Å². The number of aryl methyl sites for hydroxylation is 1. The van der Waals surface area contributed by atoms with Crippen LogP contribution in [-0.4, -0.2) is 6.61 Å². The Morgan fingerprint density at radius 1 is 0.763 bits per heavy atom. The van der Waals surface area contributed by atoms with Gasteiger partial charge in [0, 0.05) is 22.3 Å². The normalized spacial score (nSPS) is 18.5. The largest absolute Gasteiger partial charge is 0.373 e. The van der Waals surface area contributed by atoms with Gasteiger partial charge in [-0.05, 0) is 72.4 Å². The fraction of sp³-hybridized carbons (Fsp3) is 0.438. The van der Waals surface area contributed by atoms with E-state index in [4.69, 9.17) is 4.74 Å². The number of unbranched alkanes of at least 4 members (excludes halogenated alkanes) is 2. The molecule has 1 heterocycles. The number of hydrogen-bond donors (Lipinski definition) is 0. The maximum absolute atomic E-state index is 15.3. The minimum Gasteiger partial charge on any atom is -0.373 e. The standard InChI is InChI=1S/C32H33F5O/c1-3-5-6-8-18-9-12-26(38-17-18)19-10-11-23(25(33)16-19)24-15-22-14-21-13-20(7-4-2)29(34)31(36)27(21)28(22)32(37)30(24)35/h10-11,13,15-16,18,26H,3-9,12,14,17H2,1-2H3. The molecule has 6 heteroatoms. The Kier molecular flexibility index (Phi) is 7.90. The van der Waals surface area contributed by atoms with Crippen LogP contribution in [-0.2, 0) is 17.6 Å². The maximum Gasteiger partial charge on any atom is 0.167 e. The molecule has 1 saturated heterocycles. The number of rotatable bonds is 8. The lowest BCUT2D eigenvalue weighted by atomic mass is 9.90. The SMILES string of the molecule is CCCCCC1CCC(c2ccc(-c3cc4c(c(F)c3F)-c3c(cc(CCC)c(F)c3F)C4)c(F)c2)OC1. The Hall–Kier alpha value is -2.73. The van der Waals surface area contributed by atoms with Crippen molar-refractivity contribution in [3.63, 3.8) is 0 Å². The van der Waals surface area contributed by atoms with Crippen molar-refractivity contribution < 1.29 is 26.7 Å². The number of halogens is 5. The maximum atomic E-state index is 15.3. The second kappa shape index (κ2) is 11.2. The van der Waals surface area contributed by atoms with Crippen LogP contribution in [0.4, 0.5) is 22.0 Å². The van der Waals surface area contributed by atoms with Gasteiger partial charge in [0.15, 0.2) is 23.3 Å². The van der Waals surface area contributed by atoms with Gasteiger partial charge in [-0.2, -0.15) is 0 Å². The van der Waals surface area contributed by atoms with Crippen molar-refractivity contribution >= 4 is 0 Å². The van der Waals surface area contributed by atoms with E-state index >= 15 is 13.2 Å².